The molecule has 0 spiro atoms. The van der Waals surface area contributed by atoms with Crippen molar-refractivity contribution in [1.82, 2.24) is 0 Å². The topological polar surface area (TPSA) is 9.23 Å². The predicted molar refractivity (Wildman–Crippen MR) is 90.4 cm³/mol. The monoisotopic (exact) mass is 280 g/mol. The van der Waals surface area contributed by atoms with Gasteiger partial charge in [0.2, 0.25) is 6.71 Å². The van der Waals surface area contributed by atoms with Crippen LogP contribution < -0.4 is 10.9 Å². The minimum atomic E-state index is 0.0426. The Morgan fingerprint density at radius 1 is 0.850 bits per heavy atom. The van der Waals surface area contributed by atoms with E-state index >= 15 is 0 Å². The summed E-state index contributed by atoms with van der Waals surface area (Å²) < 4.78 is 6.30. The van der Waals surface area contributed by atoms with Crippen LogP contribution in [-0.2, 0) is 4.74 Å². The number of hydrogen-bond acceptors (Lipinski definition) is 1. The van der Waals surface area contributed by atoms with E-state index in [1.165, 1.54) is 30.2 Å². The summed E-state index contributed by atoms with van der Waals surface area (Å²) in [4.78, 5) is 0. The molecule has 3 rings (SSSR count). The summed E-state index contributed by atoms with van der Waals surface area (Å²) in [6.45, 7) is 1.29. The van der Waals surface area contributed by atoms with Gasteiger partial charge < -0.3 is 4.74 Å². The first-order chi connectivity index (χ1) is 9.80. The summed E-state index contributed by atoms with van der Waals surface area (Å²) >= 11 is 0. The summed E-state index contributed by atoms with van der Waals surface area (Å²) in [5.74, 6) is 0. The highest BCUT2D eigenvalue weighted by atomic mass is 28.1. The van der Waals surface area contributed by atoms with Gasteiger partial charge in [-0.2, -0.15) is 0 Å². The van der Waals surface area contributed by atoms with Gasteiger partial charge in [0.25, 0.3) is 0 Å². The van der Waals surface area contributed by atoms with E-state index in [9.17, 15) is 0 Å². The third-order valence-corrected chi connectivity index (χ3v) is 5.74. The van der Waals surface area contributed by atoms with E-state index in [0.717, 1.165) is 16.8 Å². The van der Waals surface area contributed by atoms with E-state index in [4.69, 9.17) is 4.74 Å². The molecule has 0 aromatic heterocycles. The number of benzene rings is 2. The van der Waals surface area contributed by atoms with Gasteiger partial charge in [-0.1, -0.05) is 71.6 Å². The van der Waals surface area contributed by atoms with Crippen LogP contribution in [0.15, 0.2) is 60.7 Å². The molecule has 1 heterocycles. The van der Waals surface area contributed by atoms with Gasteiger partial charge in [0.1, 0.15) is 0 Å². The van der Waals surface area contributed by atoms with Crippen LogP contribution in [-0.4, -0.2) is 28.7 Å². The van der Waals surface area contributed by atoms with Gasteiger partial charge in [0.05, 0.1) is 0 Å². The van der Waals surface area contributed by atoms with Gasteiger partial charge >= 0.3 is 0 Å². The molecule has 1 nitrogen and oxygen atoms in total. The third kappa shape index (κ3) is 2.74. The molecule has 20 heavy (non-hydrogen) atoms. The van der Waals surface area contributed by atoms with Crippen LogP contribution in [0.1, 0.15) is 19.3 Å². The van der Waals surface area contributed by atoms with Gasteiger partial charge in [-0.05, 0) is 19.3 Å². The molecular formula is C17H21BOSi. The normalized spacial score (nSPS) is 22.6. The van der Waals surface area contributed by atoms with Crippen LogP contribution >= 0.6 is 0 Å². The SMILES string of the molecule is [SiH3]C1(B(c2ccccc2)c2ccccc2)CCCCO1. The van der Waals surface area contributed by atoms with Crippen molar-refractivity contribution in [1.29, 1.82) is 0 Å². The fourth-order valence-corrected chi connectivity index (χ4v) is 4.60. The first-order valence-electron chi connectivity index (χ1n) is 7.53. The minimum Gasteiger partial charge on any atom is -0.387 e. The Hall–Kier alpha value is -1.32. The molecule has 0 bridgehead atoms. The van der Waals surface area contributed by atoms with Crippen LogP contribution in [0.5, 0.6) is 0 Å². The van der Waals surface area contributed by atoms with E-state index in [0.29, 0.717) is 6.71 Å². The van der Waals surface area contributed by atoms with Crippen molar-refractivity contribution in [3.63, 3.8) is 0 Å². The summed E-state index contributed by atoms with van der Waals surface area (Å²) in [5.41, 5.74) is 2.77. The zero-order valence-corrected chi connectivity index (χ0v) is 14.1. The zero-order valence-electron chi connectivity index (χ0n) is 12.1. The van der Waals surface area contributed by atoms with E-state index in [1.807, 2.05) is 0 Å². The zero-order chi connectivity index (χ0) is 13.8. The number of hydrogen-bond donors (Lipinski definition) is 0. The molecule has 3 heteroatoms. The van der Waals surface area contributed by atoms with Crippen molar-refractivity contribution in [2.75, 3.05) is 6.61 Å². The van der Waals surface area contributed by atoms with E-state index in [2.05, 4.69) is 60.7 Å². The molecule has 1 unspecified atom stereocenters. The fourth-order valence-electron chi connectivity index (χ4n) is 3.37. The van der Waals surface area contributed by atoms with Gasteiger partial charge in [-0.15, -0.1) is 0 Å². The summed E-state index contributed by atoms with van der Waals surface area (Å²) in [6, 6.07) is 21.7. The Morgan fingerprint density at radius 2 is 1.40 bits per heavy atom. The van der Waals surface area contributed by atoms with Crippen molar-refractivity contribution in [2.45, 2.75) is 24.4 Å². The van der Waals surface area contributed by atoms with Crippen molar-refractivity contribution < 1.29 is 4.74 Å². The molecule has 1 saturated heterocycles. The second-order valence-electron chi connectivity index (χ2n) is 5.87. The Balaban J connectivity index is 2.04. The largest absolute Gasteiger partial charge is 0.387 e. The Bertz CT molecular complexity index is 498. The van der Waals surface area contributed by atoms with Crippen LogP contribution in [0.25, 0.3) is 0 Å². The van der Waals surface area contributed by atoms with Gasteiger partial charge in [-0.3, -0.25) is 0 Å². The second kappa shape index (κ2) is 5.98. The van der Waals surface area contributed by atoms with Crippen LogP contribution in [0.2, 0.25) is 0 Å². The first-order valence-corrected chi connectivity index (χ1v) is 8.53. The van der Waals surface area contributed by atoms with Crippen LogP contribution in [0, 0.1) is 0 Å². The molecule has 0 amide bonds. The van der Waals surface area contributed by atoms with Crippen molar-refractivity contribution in [3.8, 4) is 0 Å². The highest BCUT2D eigenvalue weighted by Crippen LogP contribution is 2.24. The summed E-state index contributed by atoms with van der Waals surface area (Å²) in [6.07, 6.45) is 3.69. The lowest BCUT2D eigenvalue weighted by Crippen LogP contribution is -2.63. The molecule has 1 atom stereocenters. The molecule has 1 aliphatic heterocycles. The molecule has 2 aromatic rings. The number of ether oxygens (including phenoxy) is 1. The average molecular weight is 280 g/mol. The van der Waals surface area contributed by atoms with Crippen molar-refractivity contribution in [2.24, 2.45) is 0 Å². The highest BCUT2D eigenvalue weighted by molar-refractivity contribution is 6.91. The van der Waals surface area contributed by atoms with Crippen LogP contribution in [0.3, 0.4) is 0 Å². The lowest BCUT2D eigenvalue weighted by atomic mass is 9.35. The lowest BCUT2D eigenvalue weighted by Gasteiger charge is -2.39. The van der Waals surface area contributed by atoms with Crippen molar-refractivity contribution in [3.05, 3.63) is 60.7 Å². The molecule has 0 aliphatic carbocycles. The first kappa shape index (κ1) is 13.7. The summed E-state index contributed by atoms with van der Waals surface area (Å²) in [7, 11) is 1.06. The minimum absolute atomic E-state index is 0.0426. The molecule has 0 radical (unpaired) electrons. The maximum atomic E-state index is 6.30. The molecule has 102 valence electrons. The molecule has 1 aliphatic rings. The van der Waals surface area contributed by atoms with Gasteiger partial charge in [-0.25, -0.2) is 0 Å². The standard InChI is InChI=1S/C17H21BOSi/c20-17(13-7-8-14-19-17)18(15-9-3-1-4-10-15)16-11-5-2-6-12-16/h1-6,9-12H,7-8,13-14H2,20H3. The maximum absolute atomic E-state index is 6.30. The molecular weight excluding hydrogens is 259 g/mol. The highest BCUT2D eigenvalue weighted by Gasteiger charge is 2.41. The Morgan fingerprint density at radius 3 is 1.85 bits per heavy atom. The van der Waals surface area contributed by atoms with Crippen LogP contribution in [0.4, 0.5) is 0 Å². The smallest absolute Gasteiger partial charge is 0.240 e. The van der Waals surface area contributed by atoms with E-state index < -0.39 is 0 Å². The third-order valence-electron chi connectivity index (χ3n) is 4.38. The summed E-state index contributed by atoms with van der Waals surface area (Å²) in [5, 5.41) is 0.0426. The lowest BCUT2D eigenvalue weighted by molar-refractivity contribution is 0.0349. The number of rotatable bonds is 3. The quantitative estimate of drug-likeness (QED) is 0.765. The van der Waals surface area contributed by atoms with E-state index in [-0.39, 0.29) is 5.12 Å². The molecule has 0 N–H and O–H groups in total. The van der Waals surface area contributed by atoms with Crippen molar-refractivity contribution >= 4 is 27.9 Å². The van der Waals surface area contributed by atoms with Gasteiger partial charge in [0, 0.05) is 22.0 Å². The van der Waals surface area contributed by atoms with E-state index in [1.54, 1.807) is 0 Å². The maximum Gasteiger partial charge on any atom is 0.240 e. The second-order valence-corrected chi connectivity index (χ2v) is 7.57. The fraction of sp³-hybridized carbons (Fsp3) is 0.294. The average Bonchev–Trinajstić information content (AvgIpc) is 2.50. The Labute approximate surface area is 124 Å². The van der Waals surface area contributed by atoms with Gasteiger partial charge in [0.15, 0.2) is 0 Å². The molecule has 1 fully saturated rings. The molecule has 0 saturated carbocycles. The Kier molecular flexibility index (Phi) is 4.08. The molecule has 2 aromatic carbocycles. The predicted octanol–water partition coefficient (Wildman–Crippen LogP) is 1.10.